The quantitative estimate of drug-likeness (QED) is 0.608. The van der Waals surface area contributed by atoms with Gasteiger partial charge in [-0.15, -0.1) is 0 Å². The highest BCUT2D eigenvalue weighted by molar-refractivity contribution is 5.94. The van der Waals surface area contributed by atoms with Crippen LogP contribution < -0.4 is 15.4 Å². The van der Waals surface area contributed by atoms with Gasteiger partial charge in [-0.2, -0.15) is 0 Å². The van der Waals surface area contributed by atoms with Crippen LogP contribution in [-0.4, -0.2) is 50.0 Å². The first-order valence-corrected chi connectivity index (χ1v) is 9.68. The fraction of sp³-hybridized carbons (Fsp3) is 0.364. The number of rotatable bonds is 11. The summed E-state index contributed by atoms with van der Waals surface area (Å²) in [5, 5.41) is 5.67. The van der Waals surface area contributed by atoms with E-state index in [0.29, 0.717) is 30.9 Å². The van der Waals surface area contributed by atoms with Gasteiger partial charge in [0.15, 0.2) is 0 Å². The minimum Gasteiger partial charge on any atom is -0.495 e. The summed E-state index contributed by atoms with van der Waals surface area (Å²) in [6.45, 7) is 3.33. The molecule has 6 nitrogen and oxygen atoms in total. The lowest BCUT2D eigenvalue weighted by Crippen LogP contribution is -2.42. The van der Waals surface area contributed by atoms with E-state index in [9.17, 15) is 14.0 Å². The molecule has 29 heavy (non-hydrogen) atoms. The van der Waals surface area contributed by atoms with Crippen LogP contribution in [0.3, 0.4) is 0 Å². The van der Waals surface area contributed by atoms with Gasteiger partial charge in [-0.25, -0.2) is 4.39 Å². The van der Waals surface area contributed by atoms with Crippen LogP contribution in [0.15, 0.2) is 48.5 Å². The summed E-state index contributed by atoms with van der Waals surface area (Å²) in [6, 6.07) is 13.4. The average Bonchev–Trinajstić information content (AvgIpc) is 2.70. The van der Waals surface area contributed by atoms with Gasteiger partial charge in [0.25, 0.3) is 0 Å². The molecule has 0 bridgehead atoms. The number of halogens is 1. The number of carbonyl (C=O) groups is 2. The Bertz CT molecular complexity index is 796. The number of hydrogen-bond acceptors (Lipinski definition) is 4. The number of ether oxygens (including phenoxy) is 1. The molecule has 0 aliphatic heterocycles. The van der Waals surface area contributed by atoms with E-state index in [0.717, 1.165) is 12.0 Å². The molecule has 7 heteroatoms. The SMILES string of the molecule is CCCN(CC(=O)NCCc1ccc(F)cc1)CC(=O)Nc1ccccc1OC. The first-order chi connectivity index (χ1) is 14.0. The molecule has 0 heterocycles. The van der Waals surface area contributed by atoms with Gasteiger partial charge in [-0.1, -0.05) is 31.2 Å². The van der Waals surface area contributed by atoms with Crippen molar-refractivity contribution in [2.24, 2.45) is 0 Å². The minimum atomic E-state index is -0.278. The molecule has 0 radical (unpaired) electrons. The van der Waals surface area contributed by atoms with Crippen LogP contribution in [-0.2, 0) is 16.0 Å². The largest absolute Gasteiger partial charge is 0.495 e. The third kappa shape index (κ3) is 7.91. The number of para-hydroxylation sites is 2. The molecule has 0 aliphatic rings. The number of anilines is 1. The Morgan fingerprint density at radius 2 is 1.72 bits per heavy atom. The number of amides is 2. The summed E-state index contributed by atoms with van der Waals surface area (Å²) in [7, 11) is 1.55. The van der Waals surface area contributed by atoms with Crippen molar-refractivity contribution in [3.63, 3.8) is 0 Å². The van der Waals surface area contributed by atoms with Crippen LogP contribution in [0.25, 0.3) is 0 Å². The molecule has 0 atom stereocenters. The molecule has 2 aromatic carbocycles. The maximum atomic E-state index is 12.9. The zero-order valence-corrected chi connectivity index (χ0v) is 16.9. The molecule has 0 aromatic heterocycles. The van der Waals surface area contributed by atoms with Crippen LogP contribution in [0.4, 0.5) is 10.1 Å². The zero-order valence-electron chi connectivity index (χ0n) is 16.9. The van der Waals surface area contributed by atoms with Crippen LogP contribution in [0, 0.1) is 5.82 Å². The molecule has 0 saturated heterocycles. The first kappa shape index (κ1) is 22.4. The second kappa shape index (κ2) is 11.8. The number of nitrogens with zero attached hydrogens (tertiary/aromatic N) is 1. The molecule has 156 valence electrons. The first-order valence-electron chi connectivity index (χ1n) is 9.68. The fourth-order valence-electron chi connectivity index (χ4n) is 2.93. The normalized spacial score (nSPS) is 10.6. The summed E-state index contributed by atoms with van der Waals surface area (Å²) in [5.74, 6) is -0.0477. The predicted molar refractivity (Wildman–Crippen MR) is 111 cm³/mol. The molecule has 0 spiro atoms. The Morgan fingerprint density at radius 1 is 1.03 bits per heavy atom. The van der Waals surface area contributed by atoms with E-state index < -0.39 is 0 Å². The highest BCUT2D eigenvalue weighted by Crippen LogP contribution is 2.22. The minimum absolute atomic E-state index is 0.108. The maximum Gasteiger partial charge on any atom is 0.238 e. The zero-order chi connectivity index (χ0) is 21.1. The number of nitrogens with one attached hydrogen (secondary N) is 2. The van der Waals surface area contributed by atoms with Gasteiger partial charge in [0.2, 0.25) is 11.8 Å². The Morgan fingerprint density at radius 3 is 2.41 bits per heavy atom. The van der Waals surface area contributed by atoms with Gasteiger partial charge in [0.1, 0.15) is 11.6 Å². The Balaban J connectivity index is 1.80. The van der Waals surface area contributed by atoms with Crippen LogP contribution in [0.1, 0.15) is 18.9 Å². The standard InChI is InChI=1S/C22H28FN3O3/c1-3-14-26(16-22(28)25-19-6-4-5-7-20(19)29-2)15-21(27)24-13-12-17-8-10-18(23)11-9-17/h4-11H,3,12-16H2,1-2H3,(H,24,27)(H,25,28). The van der Waals surface area contributed by atoms with E-state index >= 15 is 0 Å². The lowest BCUT2D eigenvalue weighted by atomic mass is 10.1. The van der Waals surface area contributed by atoms with Crippen molar-refractivity contribution in [1.29, 1.82) is 0 Å². The second-order valence-corrected chi connectivity index (χ2v) is 6.69. The summed E-state index contributed by atoms with van der Waals surface area (Å²) >= 11 is 0. The van der Waals surface area contributed by atoms with Crippen molar-refractivity contribution < 1.29 is 18.7 Å². The summed E-state index contributed by atoms with van der Waals surface area (Å²) in [5.41, 5.74) is 1.55. The van der Waals surface area contributed by atoms with Crippen molar-refractivity contribution in [2.75, 3.05) is 38.6 Å². The molecule has 0 fully saturated rings. The molecule has 0 aliphatic carbocycles. The average molecular weight is 401 g/mol. The van der Waals surface area contributed by atoms with Crippen LogP contribution in [0.2, 0.25) is 0 Å². The molecular formula is C22H28FN3O3. The van der Waals surface area contributed by atoms with Gasteiger partial charge in [0.05, 0.1) is 25.9 Å². The van der Waals surface area contributed by atoms with Gasteiger partial charge >= 0.3 is 0 Å². The monoisotopic (exact) mass is 401 g/mol. The number of carbonyl (C=O) groups excluding carboxylic acids is 2. The van der Waals surface area contributed by atoms with Gasteiger partial charge in [0, 0.05) is 6.54 Å². The smallest absolute Gasteiger partial charge is 0.238 e. The molecule has 0 unspecified atom stereocenters. The van der Waals surface area contributed by atoms with E-state index in [-0.39, 0.29) is 30.7 Å². The van der Waals surface area contributed by atoms with E-state index in [2.05, 4.69) is 10.6 Å². The highest BCUT2D eigenvalue weighted by Gasteiger charge is 2.15. The lowest BCUT2D eigenvalue weighted by molar-refractivity contribution is -0.123. The van der Waals surface area contributed by atoms with Crippen molar-refractivity contribution in [3.05, 3.63) is 59.9 Å². The van der Waals surface area contributed by atoms with E-state index in [4.69, 9.17) is 4.74 Å². The molecule has 2 N–H and O–H groups in total. The van der Waals surface area contributed by atoms with Gasteiger partial charge in [-0.05, 0) is 49.2 Å². The van der Waals surface area contributed by atoms with Gasteiger partial charge in [-0.3, -0.25) is 14.5 Å². The van der Waals surface area contributed by atoms with Crippen LogP contribution >= 0.6 is 0 Å². The van der Waals surface area contributed by atoms with Crippen molar-refractivity contribution >= 4 is 17.5 Å². The van der Waals surface area contributed by atoms with E-state index in [1.54, 1.807) is 36.3 Å². The van der Waals surface area contributed by atoms with Crippen molar-refractivity contribution in [1.82, 2.24) is 10.2 Å². The number of benzene rings is 2. The Labute approximate surface area is 171 Å². The van der Waals surface area contributed by atoms with E-state index in [1.165, 1.54) is 12.1 Å². The van der Waals surface area contributed by atoms with Crippen molar-refractivity contribution in [2.45, 2.75) is 19.8 Å². The maximum absolute atomic E-state index is 12.9. The highest BCUT2D eigenvalue weighted by atomic mass is 19.1. The number of methoxy groups -OCH3 is 1. The Kier molecular flexibility index (Phi) is 9.11. The third-order valence-electron chi connectivity index (χ3n) is 4.30. The molecule has 0 saturated carbocycles. The topological polar surface area (TPSA) is 70.7 Å². The summed E-state index contributed by atoms with van der Waals surface area (Å²) < 4.78 is 18.2. The summed E-state index contributed by atoms with van der Waals surface area (Å²) in [6.07, 6.45) is 1.44. The molecule has 2 aromatic rings. The van der Waals surface area contributed by atoms with Crippen molar-refractivity contribution in [3.8, 4) is 5.75 Å². The Hall–Kier alpha value is -2.93. The molecular weight excluding hydrogens is 373 g/mol. The van der Waals surface area contributed by atoms with E-state index in [1.807, 2.05) is 19.1 Å². The third-order valence-corrected chi connectivity index (χ3v) is 4.30. The number of hydrogen-bond donors (Lipinski definition) is 2. The molecule has 2 amide bonds. The fourth-order valence-corrected chi connectivity index (χ4v) is 2.93. The molecule has 2 rings (SSSR count). The second-order valence-electron chi connectivity index (χ2n) is 6.69. The lowest BCUT2D eigenvalue weighted by Gasteiger charge is -2.21. The van der Waals surface area contributed by atoms with Crippen LogP contribution in [0.5, 0.6) is 5.75 Å². The van der Waals surface area contributed by atoms with Gasteiger partial charge < -0.3 is 15.4 Å². The summed E-state index contributed by atoms with van der Waals surface area (Å²) in [4.78, 5) is 26.5. The predicted octanol–water partition coefficient (Wildman–Crippen LogP) is 2.84.